The Morgan fingerprint density at radius 1 is 1.36 bits per heavy atom. The minimum absolute atomic E-state index is 0.153. The summed E-state index contributed by atoms with van der Waals surface area (Å²) in [6.07, 6.45) is 2.66. The molecule has 0 aromatic heterocycles. The molecule has 8 heteroatoms. The van der Waals surface area contributed by atoms with E-state index >= 15 is 0 Å². The number of rotatable bonds is 5. The van der Waals surface area contributed by atoms with Gasteiger partial charge in [0.1, 0.15) is 5.82 Å². The summed E-state index contributed by atoms with van der Waals surface area (Å²) < 4.78 is 13.8. The molecule has 0 spiro atoms. The number of carbonyl (C=O) groups is 2. The van der Waals surface area contributed by atoms with E-state index in [0.29, 0.717) is 24.4 Å². The van der Waals surface area contributed by atoms with Crippen LogP contribution in [0.5, 0.6) is 0 Å². The van der Waals surface area contributed by atoms with Crippen LogP contribution in [0.2, 0.25) is 0 Å². The zero-order chi connectivity index (χ0) is 17.8. The first kappa shape index (κ1) is 17.2. The second kappa shape index (κ2) is 7.50. The van der Waals surface area contributed by atoms with Crippen molar-refractivity contribution in [2.24, 2.45) is 11.0 Å². The molecule has 1 aromatic carbocycles. The molecule has 1 aromatic rings. The summed E-state index contributed by atoms with van der Waals surface area (Å²) >= 11 is 0. The average molecular weight is 347 g/mol. The quantitative estimate of drug-likeness (QED) is 0.762. The zero-order valence-electron chi connectivity index (χ0n) is 14.1. The fourth-order valence-corrected chi connectivity index (χ4v) is 3.14. The number of hydrogen-bond donors (Lipinski definition) is 3. The molecule has 3 rings (SSSR count). The molecule has 3 N–H and O–H groups in total. The summed E-state index contributed by atoms with van der Waals surface area (Å²) in [5, 5.41) is 9.20. The number of nitrogens with zero attached hydrogens (tertiary/aromatic N) is 2. The minimum atomic E-state index is -0.425. The summed E-state index contributed by atoms with van der Waals surface area (Å²) in [6, 6.07) is 4.12. The minimum Gasteiger partial charge on any atom is -0.371 e. The monoisotopic (exact) mass is 347 g/mol. The van der Waals surface area contributed by atoms with Crippen molar-refractivity contribution in [2.45, 2.75) is 26.2 Å². The van der Waals surface area contributed by atoms with Crippen molar-refractivity contribution in [3.63, 3.8) is 0 Å². The molecule has 1 saturated heterocycles. The molecule has 2 heterocycles. The fraction of sp³-hybridized carbons (Fsp3) is 0.471. The normalized spacial score (nSPS) is 19.6. The molecule has 134 valence electrons. The van der Waals surface area contributed by atoms with Gasteiger partial charge in [0.2, 0.25) is 5.91 Å². The molecule has 0 aliphatic carbocycles. The van der Waals surface area contributed by atoms with Crippen molar-refractivity contribution in [1.29, 1.82) is 0 Å². The van der Waals surface area contributed by atoms with Crippen molar-refractivity contribution < 1.29 is 14.0 Å². The molecule has 25 heavy (non-hydrogen) atoms. The maximum Gasteiger partial charge on any atom is 0.319 e. The third kappa shape index (κ3) is 4.26. The Labute approximate surface area is 145 Å². The van der Waals surface area contributed by atoms with E-state index < -0.39 is 6.03 Å². The smallest absolute Gasteiger partial charge is 0.319 e. The largest absolute Gasteiger partial charge is 0.371 e. The van der Waals surface area contributed by atoms with Crippen LogP contribution in [-0.2, 0) is 4.79 Å². The molecule has 0 radical (unpaired) electrons. The summed E-state index contributed by atoms with van der Waals surface area (Å²) in [7, 11) is 0. The zero-order valence-corrected chi connectivity index (χ0v) is 14.1. The summed E-state index contributed by atoms with van der Waals surface area (Å²) in [4.78, 5) is 25.7. The van der Waals surface area contributed by atoms with Crippen LogP contribution in [0.3, 0.4) is 0 Å². The van der Waals surface area contributed by atoms with Gasteiger partial charge in [-0.15, -0.1) is 0 Å². The molecule has 0 bridgehead atoms. The van der Waals surface area contributed by atoms with Crippen molar-refractivity contribution in [3.05, 3.63) is 24.0 Å². The second-order valence-electron chi connectivity index (χ2n) is 6.34. The van der Waals surface area contributed by atoms with E-state index in [4.69, 9.17) is 0 Å². The molecule has 3 amide bonds. The van der Waals surface area contributed by atoms with Gasteiger partial charge >= 0.3 is 6.03 Å². The number of halogens is 1. The Morgan fingerprint density at radius 2 is 2.12 bits per heavy atom. The number of benzene rings is 1. The molecule has 7 nitrogen and oxygen atoms in total. The molecular formula is C17H22FN5O2. The first-order valence-corrected chi connectivity index (χ1v) is 8.47. The number of urea groups is 1. The van der Waals surface area contributed by atoms with Crippen LogP contribution in [0.4, 0.5) is 20.6 Å². The van der Waals surface area contributed by atoms with E-state index in [1.165, 1.54) is 12.1 Å². The van der Waals surface area contributed by atoms with Gasteiger partial charge in [0.05, 0.1) is 5.92 Å². The highest BCUT2D eigenvalue weighted by molar-refractivity contribution is 6.06. The van der Waals surface area contributed by atoms with Crippen molar-refractivity contribution in [3.8, 4) is 0 Å². The topological polar surface area (TPSA) is 85.8 Å². The number of carbonyl (C=O) groups excluding carboxylic acids is 2. The average Bonchev–Trinajstić information content (AvgIpc) is 3.19. The van der Waals surface area contributed by atoms with Crippen LogP contribution < -0.4 is 21.0 Å². The van der Waals surface area contributed by atoms with Crippen molar-refractivity contribution in [2.75, 3.05) is 29.9 Å². The van der Waals surface area contributed by atoms with E-state index in [2.05, 4.69) is 26.1 Å². The van der Waals surface area contributed by atoms with Gasteiger partial charge in [-0.05, 0) is 44.4 Å². The first-order valence-electron chi connectivity index (χ1n) is 8.47. The Morgan fingerprint density at radius 3 is 2.80 bits per heavy atom. The summed E-state index contributed by atoms with van der Waals surface area (Å²) in [6.45, 7) is 3.90. The van der Waals surface area contributed by atoms with E-state index in [-0.39, 0.29) is 17.6 Å². The van der Waals surface area contributed by atoms with Gasteiger partial charge in [-0.3, -0.25) is 4.79 Å². The van der Waals surface area contributed by atoms with Crippen LogP contribution in [0, 0.1) is 11.7 Å². The number of anilines is 2. The van der Waals surface area contributed by atoms with Gasteiger partial charge in [-0.1, -0.05) is 0 Å². The van der Waals surface area contributed by atoms with Gasteiger partial charge in [0.25, 0.3) is 0 Å². The predicted molar refractivity (Wildman–Crippen MR) is 94.2 cm³/mol. The Bertz CT molecular complexity index is 700. The molecular weight excluding hydrogens is 325 g/mol. The lowest BCUT2D eigenvalue weighted by Gasteiger charge is -2.19. The maximum atomic E-state index is 13.8. The van der Waals surface area contributed by atoms with Gasteiger partial charge < -0.3 is 15.5 Å². The van der Waals surface area contributed by atoms with Gasteiger partial charge in [-0.25, -0.2) is 14.6 Å². The predicted octanol–water partition coefficient (Wildman–Crippen LogP) is 2.06. The summed E-state index contributed by atoms with van der Waals surface area (Å²) in [5.74, 6) is -0.842. The van der Waals surface area contributed by atoms with Crippen LogP contribution in [-0.4, -0.2) is 37.3 Å². The van der Waals surface area contributed by atoms with Gasteiger partial charge in [-0.2, -0.15) is 5.10 Å². The maximum absolute atomic E-state index is 13.8. The van der Waals surface area contributed by atoms with E-state index in [1.54, 1.807) is 13.0 Å². The molecule has 1 fully saturated rings. The third-order valence-corrected chi connectivity index (χ3v) is 4.49. The number of amides is 3. The van der Waals surface area contributed by atoms with E-state index in [0.717, 1.165) is 31.6 Å². The summed E-state index contributed by atoms with van der Waals surface area (Å²) in [5.41, 5.74) is 4.32. The highest BCUT2D eigenvalue weighted by atomic mass is 19.1. The van der Waals surface area contributed by atoms with Crippen LogP contribution in [0.1, 0.15) is 26.2 Å². The second-order valence-corrected chi connectivity index (χ2v) is 6.34. The van der Waals surface area contributed by atoms with E-state index in [1.807, 2.05) is 0 Å². The number of hydrogen-bond acceptors (Lipinski definition) is 4. The highest BCUT2D eigenvalue weighted by Gasteiger charge is 2.26. The SMILES string of the molecule is CC1=NNC(=O)[C@H]1CCNC(=O)Nc1cc(F)cc(N2CCCC2)c1. The Kier molecular flexibility index (Phi) is 5.16. The van der Waals surface area contributed by atoms with Crippen LogP contribution in [0.15, 0.2) is 23.3 Å². The van der Waals surface area contributed by atoms with Crippen LogP contribution in [0.25, 0.3) is 0 Å². The molecule has 0 unspecified atom stereocenters. The number of hydrazone groups is 1. The van der Waals surface area contributed by atoms with Gasteiger partial charge in [0.15, 0.2) is 0 Å². The fourth-order valence-electron chi connectivity index (χ4n) is 3.14. The Balaban J connectivity index is 1.52. The number of nitrogens with one attached hydrogen (secondary N) is 3. The van der Waals surface area contributed by atoms with Crippen molar-refractivity contribution in [1.82, 2.24) is 10.7 Å². The van der Waals surface area contributed by atoms with E-state index in [9.17, 15) is 14.0 Å². The molecule has 2 aliphatic heterocycles. The Hall–Kier alpha value is -2.64. The first-order chi connectivity index (χ1) is 12.0. The lowest BCUT2D eigenvalue weighted by molar-refractivity contribution is -0.122. The van der Waals surface area contributed by atoms with Gasteiger partial charge in [0, 0.05) is 36.7 Å². The van der Waals surface area contributed by atoms with Crippen molar-refractivity contribution >= 4 is 29.0 Å². The lowest BCUT2D eigenvalue weighted by Crippen LogP contribution is -2.33. The lowest BCUT2D eigenvalue weighted by atomic mass is 10.0. The third-order valence-electron chi connectivity index (χ3n) is 4.49. The standard InChI is InChI=1S/C17H22FN5O2/c1-11-15(16(24)22-21-11)4-5-19-17(25)20-13-8-12(18)9-14(10-13)23-6-2-3-7-23/h8-10,15H,2-7H2,1H3,(H,22,24)(H2,19,20,25)/t15-/m0/s1. The highest BCUT2D eigenvalue weighted by Crippen LogP contribution is 2.25. The molecule has 0 saturated carbocycles. The molecule has 2 aliphatic rings. The molecule has 1 atom stereocenters. The van der Waals surface area contributed by atoms with Crippen LogP contribution >= 0.6 is 0 Å².